The van der Waals surface area contributed by atoms with E-state index in [1.54, 1.807) is 0 Å². The molecule has 29 heavy (non-hydrogen) atoms. The third-order valence-electron chi connectivity index (χ3n) is 5.04. The molecule has 0 spiro atoms. The van der Waals surface area contributed by atoms with Gasteiger partial charge in [0.1, 0.15) is 12.4 Å². The molecule has 0 saturated heterocycles. The molecule has 4 aromatic carbocycles. The van der Waals surface area contributed by atoms with E-state index >= 15 is 0 Å². The number of halogens is 1. The van der Waals surface area contributed by atoms with Crippen molar-refractivity contribution in [2.45, 2.75) is 19.6 Å². The van der Waals surface area contributed by atoms with Crippen molar-refractivity contribution in [3.63, 3.8) is 0 Å². The van der Waals surface area contributed by atoms with E-state index in [2.05, 4.69) is 72.0 Å². The van der Waals surface area contributed by atoms with Gasteiger partial charge in [0.25, 0.3) is 0 Å². The van der Waals surface area contributed by atoms with Gasteiger partial charge in [-0.25, -0.2) is 0 Å². The molecule has 0 unspecified atom stereocenters. The first kappa shape index (κ1) is 19.5. The Bertz CT molecular complexity index is 1060. The summed E-state index contributed by atoms with van der Waals surface area (Å²) in [6.07, 6.45) is 1.01. The minimum Gasteiger partial charge on any atom is -0.489 e. The molecular formula is C26H24ClNO. The highest BCUT2D eigenvalue weighted by Gasteiger charge is 2.09. The fraction of sp³-hybridized carbons (Fsp3) is 0.154. The monoisotopic (exact) mass is 401 g/mol. The molecule has 0 saturated carbocycles. The Hall–Kier alpha value is -2.81. The standard InChI is InChI=1S/C26H24ClNO/c27-23-13-10-21(11-14-23)19-29-26-15-12-22-8-4-5-9-24(22)25(26)18-28-17-16-20-6-2-1-3-7-20/h1-15,28H,16-19H2. The summed E-state index contributed by atoms with van der Waals surface area (Å²) in [6.45, 7) is 2.21. The Morgan fingerprint density at radius 2 is 1.48 bits per heavy atom. The maximum Gasteiger partial charge on any atom is 0.124 e. The van der Waals surface area contributed by atoms with Crippen molar-refractivity contribution in [2.24, 2.45) is 0 Å². The van der Waals surface area contributed by atoms with E-state index in [0.29, 0.717) is 6.61 Å². The summed E-state index contributed by atoms with van der Waals surface area (Å²) in [6, 6.07) is 31.0. The molecule has 0 aliphatic heterocycles. The molecule has 0 heterocycles. The SMILES string of the molecule is Clc1ccc(COc2ccc3ccccc3c2CNCCc2ccccc2)cc1. The molecule has 0 aliphatic carbocycles. The van der Waals surface area contributed by atoms with E-state index in [-0.39, 0.29) is 0 Å². The second-order valence-electron chi connectivity index (χ2n) is 7.09. The topological polar surface area (TPSA) is 21.3 Å². The Morgan fingerprint density at radius 3 is 2.31 bits per heavy atom. The van der Waals surface area contributed by atoms with E-state index in [1.807, 2.05) is 24.3 Å². The molecule has 1 N–H and O–H groups in total. The third-order valence-corrected chi connectivity index (χ3v) is 5.29. The zero-order valence-corrected chi connectivity index (χ0v) is 17.0. The molecule has 0 aromatic heterocycles. The average molecular weight is 402 g/mol. The number of benzene rings is 4. The lowest BCUT2D eigenvalue weighted by molar-refractivity contribution is 0.303. The van der Waals surface area contributed by atoms with Crippen LogP contribution in [0.5, 0.6) is 5.75 Å². The fourth-order valence-electron chi connectivity index (χ4n) is 3.47. The van der Waals surface area contributed by atoms with Gasteiger partial charge in [-0.2, -0.15) is 0 Å². The molecular weight excluding hydrogens is 378 g/mol. The first-order valence-corrected chi connectivity index (χ1v) is 10.3. The van der Waals surface area contributed by atoms with Gasteiger partial charge in [-0.3, -0.25) is 0 Å². The molecule has 0 atom stereocenters. The van der Waals surface area contributed by atoms with Gasteiger partial charge in [0, 0.05) is 17.1 Å². The fourth-order valence-corrected chi connectivity index (χ4v) is 3.59. The van der Waals surface area contributed by atoms with Crippen molar-refractivity contribution < 1.29 is 4.74 Å². The van der Waals surface area contributed by atoms with E-state index in [0.717, 1.165) is 35.8 Å². The minimum absolute atomic E-state index is 0.520. The Balaban J connectivity index is 1.48. The summed E-state index contributed by atoms with van der Waals surface area (Å²) in [5.74, 6) is 0.922. The maximum absolute atomic E-state index is 6.20. The predicted molar refractivity (Wildman–Crippen MR) is 122 cm³/mol. The van der Waals surface area contributed by atoms with Crippen molar-refractivity contribution in [2.75, 3.05) is 6.54 Å². The number of hydrogen-bond acceptors (Lipinski definition) is 2. The van der Waals surface area contributed by atoms with Crippen LogP contribution in [0.4, 0.5) is 0 Å². The molecule has 0 radical (unpaired) electrons. The first-order chi connectivity index (χ1) is 14.3. The molecule has 146 valence electrons. The molecule has 0 amide bonds. The van der Waals surface area contributed by atoms with Gasteiger partial charge in [0.2, 0.25) is 0 Å². The normalized spacial score (nSPS) is 10.9. The lowest BCUT2D eigenvalue weighted by Crippen LogP contribution is -2.17. The third kappa shape index (κ3) is 5.17. The van der Waals surface area contributed by atoms with Crippen molar-refractivity contribution in [1.29, 1.82) is 0 Å². The van der Waals surface area contributed by atoms with Crippen molar-refractivity contribution in [1.82, 2.24) is 5.32 Å². The number of fused-ring (bicyclic) bond motifs is 1. The van der Waals surface area contributed by atoms with Crippen LogP contribution >= 0.6 is 11.6 Å². The largest absolute Gasteiger partial charge is 0.489 e. The van der Waals surface area contributed by atoms with Crippen molar-refractivity contribution >= 4 is 22.4 Å². The summed E-state index contributed by atoms with van der Waals surface area (Å²) in [5.41, 5.74) is 3.65. The van der Waals surface area contributed by atoms with Crippen LogP contribution in [0.25, 0.3) is 10.8 Å². The minimum atomic E-state index is 0.520. The number of ether oxygens (including phenoxy) is 1. The number of hydrogen-bond donors (Lipinski definition) is 1. The highest BCUT2D eigenvalue weighted by Crippen LogP contribution is 2.29. The second-order valence-corrected chi connectivity index (χ2v) is 7.53. The van der Waals surface area contributed by atoms with Gasteiger partial charge in [0.15, 0.2) is 0 Å². The lowest BCUT2D eigenvalue weighted by atomic mass is 10.0. The maximum atomic E-state index is 6.20. The van der Waals surface area contributed by atoms with Gasteiger partial charge < -0.3 is 10.1 Å². The van der Waals surface area contributed by atoms with E-state index < -0.39 is 0 Å². The molecule has 0 fully saturated rings. The predicted octanol–water partition coefficient (Wildman–Crippen LogP) is 6.40. The second kappa shape index (κ2) is 9.60. The van der Waals surface area contributed by atoms with Crippen LogP contribution in [0.2, 0.25) is 5.02 Å². The highest BCUT2D eigenvalue weighted by atomic mass is 35.5. The van der Waals surface area contributed by atoms with E-state index in [9.17, 15) is 0 Å². The molecule has 4 aromatic rings. The smallest absolute Gasteiger partial charge is 0.124 e. The summed E-state index contributed by atoms with van der Waals surface area (Å²) in [5, 5.41) is 6.79. The molecule has 0 aliphatic rings. The number of rotatable bonds is 8. The summed E-state index contributed by atoms with van der Waals surface area (Å²) in [4.78, 5) is 0. The van der Waals surface area contributed by atoms with E-state index in [4.69, 9.17) is 16.3 Å². The molecule has 4 rings (SSSR count). The molecule has 2 nitrogen and oxygen atoms in total. The average Bonchev–Trinajstić information content (AvgIpc) is 2.77. The first-order valence-electron chi connectivity index (χ1n) is 9.92. The van der Waals surface area contributed by atoms with Crippen LogP contribution in [-0.2, 0) is 19.6 Å². The Kier molecular flexibility index (Phi) is 6.45. The Morgan fingerprint density at radius 1 is 0.724 bits per heavy atom. The summed E-state index contributed by atoms with van der Waals surface area (Å²) < 4.78 is 6.20. The van der Waals surface area contributed by atoms with Gasteiger partial charge in [-0.15, -0.1) is 0 Å². The Labute approximate surface area is 177 Å². The van der Waals surface area contributed by atoms with Gasteiger partial charge in [-0.05, 0) is 53.1 Å². The van der Waals surface area contributed by atoms with Gasteiger partial charge >= 0.3 is 0 Å². The molecule has 0 bridgehead atoms. The number of nitrogens with one attached hydrogen (secondary N) is 1. The zero-order chi connectivity index (χ0) is 19.9. The van der Waals surface area contributed by atoms with E-state index in [1.165, 1.54) is 21.9 Å². The lowest BCUT2D eigenvalue weighted by Gasteiger charge is -2.15. The van der Waals surface area contributed by atoms with Crippen molar-refractivity contribution in [3.8, 4) is 5.75 Å². The highest BCUT2D eigenvalue weighted by molar-refractivity contribution is 6.30. The van der Waals surface area contributed by atoms with Crippen LogP contribution in [-0.4, -0.2) is 6.54 Å². The zero-order valence-electron chi connectivity index (χ0n) is 16.3. The molecule has 3 heteroatoms. The summed E-state index contributed by atoms with van der Waals surface area (Å²) >= 11 is 5.99. The van der Waals surface area contributed by atoms with Crippen LogP contribution < -0.4 is 10.1 Å². The van der Waals surface area contributed by atoms with Crippen molar-refractivity contribution in [3.05, 3.63) is 113 Å². The van der Waals surface area contributed by atoms with Gasteiger partial charge in [-0.1, -0.05) is 84.4 Å². The van der Waals surface area contributed by atoms with Crippen LogP contribution in [0, 0.1) is 0 Å². The van der Waals surface area contributed by atoms with Crippen LogP contribution in [0.3, 0.4) is 0 Å². The van der Waals surface area contributed by atoms with Crippen LogP contribution in [0.15, 0.2) is 91.0 Å². The van der Waals surface area contributed by atoms with Gasteiger partial charge in [0.05, 0.1) is 0 Å². The quantitative estimate of drug-likeness (QED) is 0.345. The summed E-state index contributed by atoms with van der Waals surface area (Å²) in [7, 11) is 0. The van der Waals surface area contributed by atoms with Crippen LogP contribution in [0.1, 0.15) is 16.7 Å².